The molecule has 0 aromatic carbocycles. The Morgan fingerprint density at radius 3 is 1.83 bits per heavy atom. The molecule has 23 heteroatoms. The summed E-state index contributed by atoms with van der Waals surface area (Å²) in [5.74, 6) is -7.88. The smallest absolute Gasteiger partial charge is 0.326 e. The number of carbonyl (C=O) groups excluding carboxylic acids is 6. The number of guanidine groups is 2. The van der Waals surface area contributed by atoms with E-state index in [-0.39, 0.29) is 76.0 Å². The topological polar surface area (TPSA) is 395 Å². The number of carbonyl (C=O) groups is 8. The predicted octanol–water partition coefficient (Wildman–Crippen LogP) is -3.88. The molecule has 58 heavy (non-hydrogen) atoms. The van der Waals surface area contributed by atoms with Gasteiger partial charge in [0.2, 0.25) is 35.4 Å². The number of hydrogen-bond acceptors (Lipinski definition) is 11. The molecule has 1 saturated heterocycles. The number of aliphatic imine (C=N–C) groups is 2. The molecule has 23 nitrogen and oxygen atoms in total. The summed E-state index contributed by atoms with van der Waals surface area (Å²) in [7, 11) is 0. The van der Waals surface area contributed by atoms with E-state index in [1.807, 2.05) is 0 Å². The first-order chi connectivity index (χ1) is 27.1. The molecule has 0 spiro atoms. The average Bonchev–Trinajstić information content (AvgIpc) is 3.63. The third-order valence-electron chi connectivity index (χ3n) is 9.02. The molecular formula is C35H63N13O10. The molecule has 1 heterocycles. The molecule has 0 bridgehead atoms. The molecule has 1 rings (SSSR count). The zero-order valence-electron chi connectivity index (χ0n) is 33.7. The summed E-state index contributed by atoms with van der Waals surface area (Å²) in [4.78, 5) is 112. The number of nitrogens with two attached hydrogens (primary N) is 5. The number of rotatable bonds is 26. The molecule has 0 aromatic heterocycles. The average molecular weight is 826 g/mol. The van der Waals surface area contributed by atoms with Crippen LogP contribution in [0.2, 0.25) is 0 Å². The van der Waals surface area contributed by atoms with Gasteiger partial charge in [-0.15, -0.1) is 0 Å². The highest BCUT2D eigenvalue weighted by atomic mass is 16.4. The summed E-state index contributed by atoms with van der Waals surface area (Å²) in [5.41, 5.74) is 27.1. The van der Waals surface area contributed by atoms with E-state index < -0.39 is 103 Å². The van der Waals surface area contributed by atoms with Crippen molar-refractivity contribution in [2.45, 2.75) is 122 Å². The highest BCUT2D eigenvalue weighted by Gasteiger charge is 2.37. The van der Waals surface area contributed by atoms with E-state index in [9.17, 15) is 48.6 Å². The maximum atomic E-state index is 13.7. The van der Waals surface area contributed by atoms with Gasteiger partial charge < -0.3 is 70.4 Å². The normalized spacial score (nSPS) is 16.2. The second kappa shape index (κ2) is 25.5. The molecule has 1 aliphatic heterocycles. The van der Waals surface area contributed by atoms with Crippen molar-refractivity contribution in [3.63, 3.8) is 0 Å². The maximum Gasteiger partial charge on any atom is 0.326 e. The van der Waals surface area contributed by atoms with Gasteiger partial charge in [0.05, 0.1) is 12.6 Å². The third-order valence-corrected chi connectivity index (χ3v) is 9.02. The summed E-state index contributed by atoms with van der Waals surface area (Å²) < 4.78 is 0. The van der Waals surface area contributed by atoms with Crippen LogP contribution in [-0.4, -0.2) is 137 Å². The first-order valence-corrected chi connectivity index (χ1v) is 19.2. The van der Waals surface area contributed by atoms with E-state index in [1.165, 1.54) is 4.90 Å². The van der Waals surface area contributed by atoms with Crippen molar-refractivity contribution in [2.75, 3.05) is 26.2 Å². The van der Waals surface area contributed by atoms with Crippen LogP contribution in [-0.2, 0) is 38.4 Å². The molecule has 17 N–H and O–H groups in total. The number of carboxylic acid groups (broad SMARTS) is 2. The monoisotopic (exact) mass is 825 g/mol. The number of aliphatic carboxylic acids is 2. The summed E-state index contributed by atoms with van der Waals surface area (Å²) in [5, 5.41) is 31.7. The Bertz CT molecular complexity index is 1500. The van der Waals surface area contributed by atoms with Crippen LogP contribution in [0.4, 0.5) is 0 Å². The summed E-state index contributed by atoms with van der Waals surface area (Å²) >= 11 is 0. The first kappa shape index (κ1) is 50.3. The van der Waals surface area contributed by atoms with Gasteiger partial charge in [0, 0.05) is 26.1 Å². The predicted molar refractivity (Wildman–Crippen MR) is 212 cm³/mol. The van der Waals surface area contributed by atoms with E-state index in [0.717, 1.165) is 0 Å². The number of carboxylic acids is 2. The Balaban J connectivity index is 3.07. The Hall–Kier alpha value is -5.74. The minimum absolute atomic E-state index is 0.00616. The Morgan fingerprint density at radius 1 is 0.724 bits per heavy atom. The largest absolute Gasteiger partial charge is 0.481 e. The van der Waals surface area contributed by atoms with Crippen molar-refractivity contribution in [3.8, 4) is 0 Å². The van der Waals surface area contributed by atoms with Crippen molar-refractivity contribution < 1.29 is 48.6 Å². The van der Waals surface area contributed by atoms with Crippen molar-refractivity contribution in [3.05, 3.63) is 0 Å². The number of likely N-dealkylation sites (tertiary alicyclic amines) is 1. The molecule has 0 aliphatic carbocycles. The van der Waals surface area contributed by atoms with E-state index in [0.29, 0.717) is 12.8 Å². The van der Waals surface area contributed by atoms with Crippen molar-refractivity contribution >= 4 is 59.3 Å². The van der Waals surface area contributed by atoms with Gasteiger partial charge >= 0.3 is 11.9 Å². The van der Waals surface area contributed by atoms with Gasteiger partial charge in [-0.05, 0) is 63.2 Å². The van der Waals surface area contributed by atoms with Gasteiger partial charge in [0.25, 0.3) is 0 Å². The standard InChI is InChI=1S/C35H63N13O10/c1-18(2)16-23(30(54)47-27(19(3)4)32(56)45-22(33(57)58)9-6-14-42-35(39)40)46-29(53)21(11-12-26(50)51)44-31(55)24-10-7-15-48(24)25(49)17-43-28(52)20(36)8-5-13-41-34(37)38/h18-24,27H,5-17,36H2,1-4H3,(H,43,52)(H,44,55)(H,45,56)(H,46,53)(H,47,54)(H,50,51)(H,57,58)(H4,37,38,41)(H4,39,40,42)/t20-,21-,22-,23-,24-,27-/m0/s1. The van der Waals surface area contributed by atoms with Crippen molar-refractivity contribution in [1.29, 1.82) is 0 Å². The number of hydrogen-bond donors (Lipinski definition) is 12. The summed E-state index contributed by atoms with van der Waals surface area (Å²) in [6.07, 6.45) is 0.729. The van der Waals surface area contributed by atoms with Gasteiger partial charge in [-0.25, -0.2) is 4.79 Å². The van der Waals surface area contributed by atoms with Gasteiger partial charge in [0.1, 0.15) is 30.2 Å². The van der Waals surface area contributed by atoms with Crippen LogP contribution >= 0.6 is 0 Å². The van der Waals surface area contributed by atoms with E-state index in [1.54, 1.807) is 27.7 Å². The Labute approximate surface area is 337 Å². The number of nitrogens with zero attached hydrogens (tertiary/aromatic N) is 3. The molecule has 328 valence electrons. The fourth-order valence-electron chi connectivity index (χ4n) is 5.97. The van der Waals surface area contributed by atoms with E-state index in [4.69, 9.17) is 28.7 Å². The highest BCUT2D eigenvalue weighted by molar-refractivity contribution is 5.97. The van der Waals surface area contributed by atoms with Crippen LogP contribution in [0.3, 0.4) is 0 Å². The second-order valence-corrected chi connectivity index (χ2v) is 14.8. The lowest BCUT2D eigenvalue weighted by atomic mass is 9.99. The van der Waals surface area contributed by atoms with E-state index >= 15 is 0 Å². The zero-order valence-corrected chi connectivity index (χ0v) is 33.7. The van der Waals surface area contributed by atoms with Crippen molar-refractivity contribution in [1.82, 2.24) is 31.5 Å². The van der Waals surface area contributed by atoms with Gasteiger partial charge in [-0.2, -0.15) is 0 Å². The maximum absolute atomic E-state index is 13.7. The fourth-order valence-corrected chi connectivity index (χ4v) is 5.97. The lowest BCUT2D eigenvalue weighted by molar-refractivity contribution is -0.143. The molecule has 6 amide bonds. The molecule has 6 atom stereocenters. The van der Waals surface area contributed by atoms with Crippen LogP contribution in [0.15, 0.2) is 9.98 Å². The third kappa shape index (κ3) is 18.9. The molecule has 1 aliphatic rings. The lowest BCUT2D eigenvalue weighted by Crippen LogP contribution is -2.60. The molecule has 0 unspecified atom stereocenters. The first-order valence-electron chi connectivity index (χ1n) is 19.2. The molecule has 0 radical (unpaired) electrons. The van der Waals surface area contributed by atoms with Crippen LogP contribution in [0.25, 0.3) is 0 Å². The Morgan fingerprint density at radius 2 is 1.29 bits per heavy atom. The number of nitrogens with one attached hydrogen (secondary N) is 5. The SMILES string of the molecule is CC(C)C[C@H](NC(=O)[C@H](CCC(=O)O)NC(=O)[C@@H]1CCCN1C(=O)CNC(=O)[C@@H](N)CCCN=C(N)N)C(=O)N[C@H](C(=O)N[C@@H](CCCN=C(N)N)C(=O)O)C(C)C. The Kier molecular flexibility index (Phi) is 22.1. The quantitative estimate of drug-likeness (QED) is 0.0225. The lowest BCUT2D eigenvalue weighted by Gasteiger charge is -2.29. The van der Waals surface area contributed by atoms with Gasteiger partial charge in [-0.3, -0.25) is 43.5 Å². The zero-order chi connectivity index (χ0) is 44.1. The van der Waals surface area contributed by atoms with Crippen LogP contribution in [0, 0.1) is 11.8 Å². The molecule has 0 saturated carbocycles. The fraction of sp³-hybridized carbons (Fsp3) is 0.714. The van der Waals surface area contributed by atoms with Crippen molar-refractivity contribution in [2.24, 2.45) is 50.5 Å². The molecule has 1 fully saturated rings. The minimum Gasteiger partial charge on any atom is -0.481 e. The second-order valence-electron chi connectivity index (χ2n) is 14.8. The van der Waals surface area contributed by atoms with Crippen LogP contribution in [0.1, 0.15) is 85.5 Å². The molecule has 0 aromatic rings. The highest BCUT2D eigenvalue weighted by Crippen LogP contribution is 2.18. The summed E-state index contributed by atoms with van der Waals surface area (Å²) in [6, 6.07) is -7.22. The minimum atomic E-state index is -1.44. The molecular weight excluding hydrogens is 762 g/mol. The van der Waals surface area contributed by atoms with Crippen LogP contribution in [0.5, 0.6) is 0 Å². The number of amides is 6. The van der Waals surface area contributed by atoms with E-state index in [2.05, 4.69) is 36.6 Å². The van der Waals surface area contributed by atoms with Gasteiger partial charge in [0.15, 0.2) is 11.9 Å². The van der Waals surface area contributed by atoms with Gasteiger partial charge in [-0.1, -0.05) is 27.7 Å². The van der Waals surface area contributed by atoms with Crippen LogP contribution < -0.4 is 55.3 Å². The summed E-state index contributed by atoms with van der Waals surface area (Å²) in [6.45, 7) is 6.94.